The molecule has 120 valence electrons. The van der Waals surface area contributed by atoms with Gasteiger partial charge in [-0.15, -0.1) is 0 Å². The van der Waals surface area contributed by atoms with E-state index in [9.17, 15) is 9.59 Å². The van der Waals surface area contributed by atoms with Gasteiger partial charge < -0.3 is 15.1 Å². The van der Waals surface area contributed by atoms with Gasteiger partial charge in [-0.2, -0.15) is 0 Å². The summed E-state index contributed by atoms with van der Waals surface area (Å²) < 4.78 is 0. The van der Waals surface area contributed by atoms with Crippen LogP contribution in [0.3, 0.4) is 0 Å². The molecule has 6 heteroatoms. The molecule has 3 amide bonds. The largest absolute Gasteiger partial charge is 0.336 e. The minimum atomic E-state index is -0.113. The van der Waals surface area contributed by atoms with Gasteiger partial charge in [0, 0.05) is 31.7 Å². The summed E-state index contributed by atoms with van der Waals surface area (Å²) in [6.07, 6.45) is 2.25. The van der Waals surface area contributed by atoms with Crippen molar-refractivity contribution in [1.29, 1.82) is 0 Å². The highest BCUT2D eigenvalue weighted by atomic mass is 16.2. The highest BCUT2D eigenvalue weighted by Gasteiger charge is 2.36. The Morgan fingerprint density at radius 2 is 2.00 bits per heavy atom. The predicted molar refractivity (Wildman–Crippen MR) is 82.1 cm³/mol. The van der Waals surface area contributed by atoms with Crippen molar-refractivity contribution in [3.8, 4) is 0 Å². The smallest absolute Gasteiger partial charge is 0.317 e. The Morgan fingerprint density at radius 1 is 1.33 bits per heavy atom. The van der Waals surface area contributed by atoms with E-state index in [1.165, 1.54) is 0 Å². The molecule has 0 aromatic rings. The van der Waals surface area contributed by atoms with Gasteiger partial charge in [0.05, 0.1) is 0 Å². The van der Waals surface area contributed by atoms with Crippen molar-refractivity contribution in [2.45, 2.75) is 45.7 Å². The van der Waals surface area contributed by atoms with Crippen LogP contribution in [0.25, 0.3) is 0 Å². The van der Waals surface area contributed by atoms with Crippen LogP contribution < -0.4 is 5.32 Å². The van der Waals surface area contributed by atoms with Gasteiger partial charge in [0.15, 0.2) is 0 Å². The molecule has 1 saturated heterocycles. The van der Waals surface area contributed by atoms with Crippen molar-refractivity contribution in [2.24, 2.45) is 0 Å². The second-order valence-electron chi connectivity index (χ2n) is 6.00. The van der Waals surface area contributed by atoms with Gasteiger partial charge in [-0.25, -0.2) is 4.79 Å². The van der Waals surface area contributed by atoms with Crippen molar-refractivity contribution < 1.29 is 9.59 Å². The number of amides is 3. The number of nitrogens with zero attached hydrogens (tertiary/aromatic N) is 3. The Bertz CT molecular complexity index is 380. The second-order valence-corrected chi connectivity index (χ2v) is 6.00. The Balaban J connectivity index is 1.75. The van der Waals surface area contributed by atoms with Crippen molar-refractivity contribution >= 4 is 11.9 Å². The zero-order chi connectivity index (χ0) is 15.4. The van der Waals surface area contributed by atoms with Gasteiger partial charge in [-0.3, -0.25) is 9.69 Å². The lowest BCUT2D eigenvalue weighted by atomic mass is 10.2. The number of hydrogen-bond acceptors (Lipinski definition) is 3. The van der Waals surface area contributed by atoms with Gasteiger partial charge in [-0.05, 0) is 32.9 Å². The number of carbonyl (C=O) groups is 2. The highest BCUT2D eigenvalue weighted by molar-refractivity contribution is 5.85. The van der Waals surface area contributed by atoms with E-state index in [-0.39, 0.29) is 18.5 Å². The molecule has 0 radical (unpaired) electrons. The number of nitrogens with one attached hydrogen (secondary N) is 1. The molecular formula is C15H28N4O2. The van der Waals surface area contributed by atoms with Crippen LogP contribution in [-0.4, -0.2) is 78.0 Å². The lowest BCUT2D eigenvalue weighted by molar-refractivity contribution is -0.135. The normalized spacial score (nSPS) is 20.9. The summed E-state index contributed by atoms with van der Waals surface area (Å²) in [6.45, 7) is 10.5. The third-order valence-electron chi connectivity index (χ3n) is 4.52. The van der Waals surface area contributed by atoms with Crippen LogP contribution in [0.1, 0.15) is 33.6 Å². The molecule has 1 saturated carbocycles. The third kappa shape index (κ3) is 4.09. The summed E-state index contributed by atoms with van der Waals surface area (Å²) in [4.78, 5) is 30.1. The monoisotopic (exact) mass is 296 g/mol. The van der Waals surface area contributed by atoms with Crippen LogP contribution in [0, 0.1) is 0 Å². The number of carbonyl (C=O) groups excluding carboxylic acids is 2. The van der Waals surface area contributed by atoms with Crippen molar-refractivity contribution in [2.75, 3.05) is 39.3 Å². The molecule has 2 aliphatic rings. The topological polar surface area (TPSA) is 55.9 Å². The van der Waals surface area contributed by atoms with E-state index in [4.69, 9.17) is 0 Å². The molecule has 0 aromatic heterocycles. The fraction of sp³-hybridized carbons (Fsp3) is 0.867. The average Bonchev–Trinajstić information content (AvgIpc) is 3.30. The molecule has 0 bridgehead atoms. The molecule has 0 aromatic carbocycles. The summed E-state index contributed by atoms with van der Waals surface area (Å²) in [5.41, 5.74) is 0. The maximum Gasteiger partial charge on any atom is 0.317 e. The molecule has 1 aliphatic carbocycles. The molecule has 1 atom stereocenters. The number of rotatable bonds is 6. The predicted octanol–water partition coefficient (Wildman–Crippen LogP) is 0.733. The first-order valence-electron chi connectivity index (χ1n) is 8.13. The molecule has 0 unspecified atom stereocenters. The molecule has 2 fully saturated rings. The van der Waals surface area contributed by atoms with Crippen LogP contribution in [0.4, 0.5) is 4.79 Å². The maximum absolute atomic E-state index is 12.2. The summed E-state index contributed by atoms with van der Waals surface area (Å²) in [6, 6.07) is 0.649. The van der Waals surface area contributed by atoms with Gasteiger partial charge in [0.25, 0.3) is 0 Å². The number of piperazine rings is 1. The van der Waals surface area contributed by atoms with E-state index in [0.717, 1.165) is 25.9 Å². The van der Waals surface area contributed by atoms with Crippen molar-refractivity contribution in [3.63, 3.8) is 0 Å². The van der Waals surface area contributed by atoms with Gasteiger partial charge in [0.1, 0.15) is 6.54 Å². The van der Waals surface area contributed by atoms with Crippen molar-refractivity contribution in [3.05, 3.63) is 0 Å². The standard InChI is InChI=1S/C15H28N4O2/c1-4-17(5-2)12(3)10-16-15(21)18-8-9-19(13-6-7-13)14(20)11-18/h12-13H,4-11H2,1-3H3,(H,16,21)/t12-/m1/s1. The van der Waals surface area contributed by atoms with Gasteiger partial charge in [-0.1, -0.05) is 13.8 Å². The Labute approximate surface area is 127 Å². The zero-order valence-electron chi connectivity index (χ0n) is 13.5. The summed E-state index contributed by atoms with van der Waals surface area (Å²) >= 11 is 0. The summed E-state index contributed by atoms with van der Waals surface area (Å²) in [7, 11) is 0. The molecule has 6 nitrogen and oxygen atoms in total. The van der Waals surface area contributed by atoms with Crippen LogP contribution in [0.5, 0.6) is 0 Å². The SMILES string of the molecule is CCN(CC)[C@H](C)CNC(=O)N1CCN(C2CC2)C(=O)C1. The minimum Gasteiger partial charge on any atom is -0.336 e. The lowest BCUT2D eigenvalue weighted by Crippen LogP contribution is -2.56. The Morgan fingerprint density at radius 3 is 2.52 bits per heavy atom. The summed E-state index contributed by atoms with van der Waals surface area (Å²) in [5.74, 6) is 0.0932. The first-order valence-corrected chi connectivity index (χ1v) is 8.13. The van der Waals surface area contributed by atoms with Gasteiger partial charge >= 0.3 is 6.03 Å². The lowest BCUT2D eigenvalue weighted by Gasteiger charge is -2.35. The van der Waals surface area contributed by atoms with Crippen LogP contribution in [0.2, 0.25) is 0 Å². The number of likely N-dealkylation sites (N-methyl/N-ethyl adjacent to an activating group) is 1. The molecule has 0 spiro atoms. The molecule has 2 rings (SSSR count). The van der Waals surface area contributed by atoms with E-state index < -0.39 is 0 Å². The van der Waals surface area contributed by atoms with E-state index in [1.807, 2.05) is 4.90 Å². The summed E-state index contributed by atoms with van der Waals surface area (Å²) in [5, 5.41) is 2.96. The zero-order valence-corrected chi connectivity index (χ0v) is 13.5. The maximum atomic E-state index is 12.2. The Kier molecular flexibility index (Phi) is 5.45. The quantitative estimate of drug-likeness (QED) is 0.786. The number of urea groups is 1. The first-order chi connectivity index (χ1) is 10.1. The van der Waals surface area contributed by atoms with E-state index in [2.05, 4.69) is 31.0 Å². The van der Waals surface area contributed by atoms with Crippen LogP contribution in [0.15, 0.2) is 0 Å². The molecule has 1 heterocycles. The molecule has 21 heavy (non-hydrogen) atoms. The highest BCUT2D eigenvalue weighted by Crippen LogP contribution is 2.27. The van der Waals surface area contributed by atoms with Crippen LogP contribution >= 0.6 is 0 Å². The second kappa shape index (κ2) is 7.11. The third-order valence-corrected chi connectivity index (χ3v) is 4.52. The first kappa shape index (κ1) is 16.1. The van der Waals surface area contributed by atoms with E-state index in [0.29, 0.717) is 31.7 Å². The molecule has 1 N–H and O–H groups in total. The van der Waals surface area contributed by atoms with E-state index >= 15 is 0 Å². The fourth-order valence-corrected chi connectivity index (χ4v) is 2.95. The Hall–Kier alpha value is -1.30. The number of hydrogen-bond donors (Lipinski definition) is 1. The molecular weight excluding hydrogens is 268 g/mol. The van der Waals surface area contributed by atoms with Gasteiger partial charge in [0.2, 0.25) is 5.91 Å². The fourth-order valence-electron chi connectivity index (χ4n) is 2.95. The van der Waals surface area contributed by atoms with Crippen molar-refractivity contribution in [1.82, 2.24) is 20.0 Å². The molecule has 1 aliphatic heterocycles. The van der Waals surface area contributed by atoms with E-state index in [1.54, 1.807) is 4.90 Å². The minimum absolute atomic E-state index is 0.0932. The average molecular weight is 296 g/mol. The van der Waals surface area contributed by atoms with Crippen LogP contribution in [-0.2, 0) is 4.79 Å².